The van der Waals surface area contributed by atoms with Crippen LogP contribution in [-0.4, -0.2) is 14.3 Å². The Labute approximate surface area is 163 Å². The van der Waals surface area contributed by atoms with E-state index in [-0.39, 0.29) is 28.4 Å². The fourth-order valence-corrected chi connectivity index (χ4v) is 3.27. The van der Waals surface area contributed by atoms with Crippen molar-refractivity contribution in [3.63, 3.8) is 0 Å². The van der Waals surface area contributed by atoms with E-state index in [1.807, 2.05) is 30.3 Å². The van der Waals surface area contributed by atoms with Gasteiger partial charge in [0.15, 0.2) is 5.75 Å². The molecule has 5 N–H and O–H groups in total. The van der Waals surface area contributed by atoms with Gasteiger partial charge in [0, 0.05) is 12.1 Å². The second-order valence-electron chi connectivity index (χ2n) is 6.02. The Kier molecular flexibility index (Phi) is 5.62. The maximum atomic E-state index is 12.5. The molecule has 8 heteroatoms. The lowest BCUT2D eigenvalue weighted by molar-refractivity contribution is 0.0950. The van der Waals surface area contributed by atoms with Crippen molar-refractivity contribution < 1.29 is 17.9 Å². The molecule has 3 aromatic carbocycles. The summed E-state index contributed by atoms with van der Waals surface area (Å²) in [5.41, 5.74) is 6.94. The van der Waals surface area contributed by atoms with Gasteiger partial charge in [-0.3, -0.25) is 4.79 Å². The number of ether oxygens (including phenoxy) is 1. The second-order valence-corrected chi connectivity index (χ2v) is 7.55. The highest BCUT2D eigenvalue weighted by molar-refractivity contribution is 7.89. The zero-order valence-electron chi connectivity index (χ0n) is 14.8. The summed E-state index contributed by atoms with van der Waals surface area (Å²) in [6.07, 6.45) is 0. The van der Waals surface area contributed by atoms with Gasteiger partial charge in [-0.2, -0.15) is 0 Å². The highest BCUT2D eigenvalue weighted by Crippen LogP contribution is 2.35. The lowest BCUT2D eigenvalue weighted by Gasteiger charge is -2.14. The minimum absolute atomic E-state index is 0.0137. The number of rotatable bonds is 6. The number of hydrogen-bond donors (Lipinski definition) is 3. The molecule has 28 heavy (non-hydrogen) atoms. The van der Waals surface area contributed by atoms with Crippen LogP contribution >= 0.6 is 0 Å². The lowest BCUT2D eigenvalue weighted by atomic mass is 10.1. The van der Waals surface area contributed by atoms with Gasteiger partial charge in [-0.15, -0.1) is 0 Å². The number of carbonyl (C=O) groups excluding carboxylic acids is 1. The first-order valence-electron chi connectivity index (χ1n) is 8.36. The Bertz CT molecular complexity index is 1090. The van der Waals surface area contributed by atoms with Crippen molar-refractivity contribution in [3.8, 4) is 11.5 Å². The van der Waals surface area contributed by atoms with Gasteiger partial charge in [0.2, 0.25) is 10.0 Å². The standard InChI is InChI=1S/C20H19N3O4S/c21-17-11-15(20(24)23-13-14-7-3-1-4-8-14)12-18(28(22,25)26)19(17)27-16-9-5-2-6-10-16/h1-12H,13,21H2,(H,23,24)(H2,22,25,26). The van der Waals surface area contributed by atoms with E-state index in [2.05, 4.69) is 5.32 Å². The third-order valence-electron chi connectivity index (χ3n) is 3.91. The first-order chi connectivity index (χ1) is 13.3. The number of nitrogen functional groups attached to an aromatic ring is 1. The van der Waals surface area contributed by atoms with E-state index in [1.54, 1.807) is 30.3 Å². The Morgan fingerprint density at radius 2 is 1.57 bits per heavy atom. The fourth-order valence-electron chi connectivity index (χ4n) is 2.56. The van der Waals surface area contributed by atoms with Crippen LogP contribution in [0.5, 0.6) is 11.5 Å². The number of para-hydroxylation sites is 1. The molecule has 0 aliphatic carbocycles. The third kappa shape index (κ3) is 4.67. The predicted molar refractivity (Wildman–Crippen MR) is 106 cm³/mol. The highest BCUT2D eigenvalue weighted by Gasteiger charge is 2.22. The molecule has 3 aromatic rings. The highest BCUT2D eigenvalue weighted by atomic mass is 32.2. The van der Waals surface area contributed by atoms with E-state index in [1.165, 1.54) is 6.07 Å². The molecule has 0 saturated heterocycles. The number of carbonyl (C=O) groups is 1. The first kappa shape index (κ1) is 19.4. The fraction of sp³-hybridized carbons (Fsp3) is 0.0500. The summed E-state index contributed by atoms with van der Waals surface area (Å²) >= 11 is 0. The molecule has 0 atom stereocenters. The molecule has 7 nitrogen and oxygen atoms in total. The van der Waals surface area contributed by atoms with Crippen LogP contribution in [0.25, 0.3) is 0 Å². The summed E-state index contributed by atoms with van der Waals surface area (Å²) in [6, 6.07) is 20.4. The van der Waals surface area contributed by atoms with Gasteiger partial charge in [-0.25, -0.2) is 13.6 Å². The maximum Gasteiger partial charge on any atom is 0.251 e. The van der Waals surface area contributed by atoms with Crippen molar-refractivity contribution in [2.75, 3.05) is 5.73 Å². The molecule has 0 heterocycles. The topological polar surface area (TPSA) is 125 Å². The van der Waals surface area contributed by atoms with Gasteiger partial charge in [-0.1, -0.05) is 48.5 Å². The number of nitrogens with two attached hydrogens (primary N) is 2. The summed E-state index contributed by atoms with van der Waals surface area (Å²) in [5, 5.41) is 8.04. The van der Waals surface area contributed by atoms with Gasteiger partial charge in [0.1, 0.15) is 10.6 Å². The Hall–Kier alpha value is -3.36. The summed E-state index contributed by atoms with van der Waals surface area (Å²) in [5.74, 6) is -0.208. The third-order valence-corrected chi connectivity index (χ3v) is 4.83. The molecule has 0 aliphatic heterocycles. The van der Waals surface area contributed by atoms with Gasteiger partial charge in [-0.05, 0) is 29.8 Å². The van der Waals surface area contributed by atoms with E-state index >= 15 is 0 Å². The van der Waals surface area contributed by atoms with Crippen molar-refractivity contribution >= 4 is 21.6 Å². The van der Waals surface area contributed by atoms with Crippen molar-refractivity contribution in [2.24, 2.45) is 5.14 Å². The van der Waals surface area contributed by atoms with E-state index in [0.717, 1.165) is 11.6 Å². The van der Waals surface area contributed by atoms with Crippen LogP contribution < -0.4 is 20.9 Å². The molecule has 144 valence electrons. The number of hydrogen-bond acceptors (Lipinski definition) is 5. The largest absolute Gasteiger partial charge is 0.454 e. The predicted octanol–water partition coefficient (Wildman–Crippen LogP) is 2.64. The van der Waals surface area contributed by atoms with Crippen molar-refractivity contribution in [2.45, 2.75) is 11.4 Å². The Balaban J connectivity index is 1.91. The van der Waals surface area contributed by atoms with E-state index in [9.17, 15) is 13.2 Å². The lowest BCUT2D eigenvalue weighted by Crippen LogP contribution is -2.24. The van der Waals surface area contributed by atoms with Crippen LogP contribution in [0, 0.1) is 0 Å². The summed E-state index contributed by atoms with van der Waals surface area (Å²) in [4.78, 5) is 12.1. The number of primary sulfonamides is 1. The van der Waals surface area contributed by atoms with E-state index in [0.29, 0.717) is 5.75 Å². The molecule has 1 amide bonds. The molecule has 0 unspecified atom stereocenters. The zero-order valence-corrected chi connectivity index (χ0v) is 15.6. The van der Waals surface area contributed by atoms with Crippen LogP contribution in [0.15, 0.2) is 77.7 Å². The number of nitrogens with one attached hydrogen (secondary N) is 1. The quantitative estimate of drug-likeness (QED) is 0.552. The Morgan fingerprint density at radius 1 is 0.964 bits per heavy atom. The average Bonchev–Trinajstić information content (AvgIpc) is 2.68. The van der Waals surface area contributed by atoms with Crippen LogP contribution in [0.4, 0.5) is 5.69 Å². The molecule has 0 spiro atoms. The van der Waals surface area contributed by atoms with Gasteiger partial charge < -0.3 is 15.8 Å². The molecule has 0 saturated carbocycles. The second kappa shape index (κ2) is 8.12. The number of amides is 1. The summed E-state index contributed by atoms with van der Waals surface area (Å²) < 4.78 is 29.7. The van der Waals surface area contributed by atoms with Crippen molar-refractivity contribution in [3.05, 3.63) is 83.9 Å². The molecule has 3 rings (SSSR count). The van der Waals surface area contributed by atoms with Gasteiger partial charge in [0.25, 0.3) is 5.91 Å². The normalized spacial score (nSPS) is 11.0. The summed E-state index contributed by atoms with van der Waals surface area (Å²) in [6.45, 7) is 0.284. The molecule has 0 radical (unpaired) electrons. The van der Waals surface area contributed by atoms with E-state index < -0.39 is 15.9 Å². The molecule has 0 aromatic heterocycles. The molecule has 0 fully saturated rings. The van der Waals surface area contributed by atoms with Crippen molar-refractivity contribution in [1.82, 2.24) is 5.32 Å². The van der Waals surface area contributed by atoms with Crippen LogP contribution in [0.2, 0.25) is 0 Å². The maximum absolute atomic E-state index is 12.5. The molecular formula is C20H19N3O4S. The van der Waals surface area contributed by atoms with Crippen molar-refractivity contribution in [1.29, 1.82) is 0 Å². The number of benzene rings is 3. The Morgan fingerprint density at radius 3 is 2.18 bits per heavy atom. The average molecular weight is 397 g/mol. The summed E-state index contributed by atoms with van der Waals surface area (Å²) in [7, 11) is -4.18. The van der Waals surface area contributed by atoms with Crippen LogP contribution in [-0.2, 0) is 16.6 Å². The van der Waals surface area contributed by atoms with Crippen LogP contribution in [0.1, 0.15) is 15.9 Å². The minimum Gasteiger partial charge on any atom is -0.454 e. The van der Waals surface area contributed by atoms with E-state index in [4.69, 9.17) is 15.6 Å². The smallest absolute Gasteiger partial charge is 0.251 e. The van der Waals surface area contributed by atoms with Gasteiger partial charge in [0.05, 0.1) is 5.69 Å². The number of sulfonamides is 1. The minimum atomic E-state index is -4.18. The molecule has 0 aliphatic rings. The first-order valence-corrected chi connectivity index (χ1v) is 9.90. The van der Waals surface area contributed by atoms with Gasteiger partial charge >= 0.3 is 0 Å². The monoisotopic (exact) mass is 397 g/mol. The molecular weight excluding hydrogens is 378 g/mol. The SMILES string of the molecule is Nc1cc(C(=O)NCc2ccccc2)cc(S(N)(=O)=O)c1Oc1ccccc1. The molecule has 0 bridgehead atoms. The zero-order chi connectivity index (χ0) is 20.1. The number of anilines is 1. The van der Waals surface area contributed by atoms with Crippen LogP contribution in [0.3, 0.4) is 0 Å².